The second kappa shape index (κ2) is 11.3. The molecule has 0 aromatic heterocycles. The number of carbonyl (C=O) groups is 1. The third-order valence-corrected chi connectivity index (χ3v) is 9.94. The SMILES string of the molecule is C=C1CCC(C2CCC(C3CCCC3)CC2)CC1.O=C1CCC(C2CCCC2)CC1. The Balaban J connectivity index is 0.000000158. The van der Waals surface area contributed by atoms with Crippen molar-refractivity contribution in [3.05, 3.63) is 12.2 Å². The Morgan fingerprint density at radius 2 is 0.733 bits per heavy atom. The van der Waals surface area contributed by atoms with Crippen molar-refractivity contribution in [2.45, 2.75) is 128 Å². The molecule has 30 heavy (non-hydrogen) atoms. The molecule has 1 heteroatoms. The summed E-state index contributed by atoms with van der Waals surface area (Å²) in [6.45, 7) is 4.16. The first-order chi connectivity index (χ1) is 14.7. The Bertz CT molecular complexity index is 523. The van der Waals surface area contributed by atoms with E-state index < -0.39 is 0 Å². The zero-order valence-electron chi connectivity index (χ0n) is 19.7. The monoisotopic (exact) mass is 412 g/mol. The zero-order chi connectivity index (χ0) is 20.8. The summed E-state index contributed by atoms with van der Waals surface area (Å²) in [5.74, 6) is 6.77. The van der Waals surface area contributed by atoms with E-state index in [9.17, 15) is 4.79 Å². The van der Waals surface area contributed by atoms with Gasteiger partial charge < -0.3 is 0 Å². The molecule has 0 aromatic carbocycles. The number of carbonyl (C=O) groups excluding carboxylic acids is 1. The van der Waals surface area contributed by atoms with Crippen molar-refractivity contribution in [3.8, 4) is 0 Å². The van der Waals surface area contributed by atoms with Crippen molar-refractivity contribution < 1.29 is 4.79 Å². The van der Waals surface area contributed by atoms with Crippen LogP contribution in [0.2, 0.25) is 0 Å². The lowest BCUT2D eigenvalue weighted by molar-refractivity contribution is -0.121. The van der Waals surface area contributed by atoms with Gasteiger partial charge in [0.25, 0.3) is 0 Å². The van der Waals surface area contributed by atoms with Gasteiger partial charge in [0.2, 0.25) is 0 Å². The summed E-state index contributed by atoms with van der Waals surface area (Å²) in [4.78, 5) is 11.0. The van der Waals surface area contributed by atoms with Crippen LogP contribution >= 0.6 is 0 Å². The van der Waals surface area contributed by atoms with Crippen LogP contribution in [0.25, 0.3) is 0 Å². The minimum atomic E-state index is 0.504. The summed E-state index contributed by atoms with van der Waals surface area (Å²) in [6.07, 6.45) is 27.9. The van der Waals surface area contributed by atoms with Gasteiger partial charge in [-0.2, -0.15) is 0 Å². The predicted octanol–water partition coefficient (Wildman–Crippen LogP) is 8.67. The molecule has 5 aliphatic rings. The lowest BCUT2D eigenvalue weighted by Gasteiger charge is -2.38. The van der Waals surface area contributed by atoms with Crippen LogP contribution in [0, 0.1) is 35.5 Å². The minimum Gasteiger partial charge on any atom is -0.300 e. The maximum atomic E-state index is 11.0. The summed E-state index contributed by atoms with van der Waals surface area (Å²) in [7, 11) is 0. The summed E-state index contributed by atoms with van der Waals surface area (Å²) in [6, 6.07) is 0. The molecular weight excluding hydrogens is 364 g/mol. The van der Waals surface area contributed by atoms with E-state index in [-0.39, 0.29) is 0 Å². The number of rotatable bonds is 3. The van der Waals surface area contributed by atoms with Crippen molar-refractivity contribution in [3.63, 3.8) is 0 Å². The van der Waals surface area contributed by atoms with Crippen molar-refractivity contribution in [2.24, 2.45) is 35.5 Å². The molecule has 5 rings (SSSR count). The van der Waals surface area contributed by atoms with Crippen LogP contribution in [0.15, 0.2) is 12.2 Å². The van der Waals surface area contributed by atoms with E-state index in [0.717, 1.165) is 48.3 Å². The molecule has 5 fully saturated rings. The average Bonchev–Trinajstić information content (AvgIpc) is 3.50. The second-order valence-electron chi connectivity index (χ2n) is 11.7. The fourth-order valence-corrected chi connectivity index (χ4v) is 7.90. The summed E-state index contributed by atoms with van der Waals surface area (Å²) in [5.41, 5.74) is 1.52. The van der Waals surface area contributed by atoms with Crippen molar-refractivity contribution in [1.29, 1.82) is 0 Å². The van der Waals surface area contributed by atoms with Gasteiger partial charge in [0.1, 0.15) is 5.78 Å². The van der Waals surface area contributed by atoms with Gasteiger partial charge in [-0.05, 0) is 99.7 Å². The molecule has 0 aliphatic heterocycles. The van der Waals surface area contributed by atoms with Crippen LogP contribution in [0.3, 0.4) is 0 Å². The number of ketones is 1. The summed E-state index contributed by atoms with van der Waals surface area (Å²) >= 11 is 0. The Morgan fingerprint density at radius 3 is 1.13 bits per heavy atom. The first kappa shape index (κ1) is 22.6. The first-order valence-corrected chi connectivity index (χ1v) is 13.9. The third-order valence-electron chi connectivity index (χ3n) is 9.94. The Labute approximate surface area is 186 Å². The van der Waals surface area contributed by atoms with E-state index in [4.69, 9.17) is 0 Å². The van der Waals surface area contributed by atoms with Crippen LogP contribution in [-0.4, -0.2) is 5.78 Å². The fourth-order valence-electron chi connectivity index (χ4n) is 7.90. The highest BCUT2D eigenvalue weighted by Gasteiger charge is 2.33. The smallest absolute Gasteiger partial charge is 0.132 e. The molecule has 0 amide bonds. The topological polar surface area (TPSA) is 17.1 Å². The fraction of sp³-hybridized carbons (Fsp3) is 0.897. The zero-order valence-corrected chi connectivity index (χ0v) is 19.7. The molecule has 0 heterocycles. The predicted molar refractivity (Wildman–Crippen MR) is 127 cm³/mol. The average molecular weight is 413 g/mol. The number of hydrogen-bond donors (Lipinski definition) is 0. The van der Waals surface area contributed by atoms with Crippen LogP contribution in [-0.2, 0) is 4.79 Å². The Kier molecular flexibility index (Phi) is 8.53. The van der Waals surface area contributed by atoms with E-state index in [1.54, 1.807) is 38.5 Å². The third kappa shape index (κ3) is 6.23. The molecule has 5 saturated carbocycles. The molecule has 0 N–H and O–H groups in total. The largest absolute Gasteiger partial charge is 0.300 e. The van der Waals surface area contributed by atoms with Gasteiger partial charge in [0, 0.05) is 12.8 Å². The molecule has 0 bridgehead atoms. The molecule has 0 aromatic rings. The molecule has 0 unspecified atom stereocenters. The van der Waals surface area contributed by atoms with Crippen LogP contribution in [0.4, 0.5) is 0 Å². The molecule has 0 spiro atoms. The Hall–Kier alpha value is -0.590. The number of hydrogen-bond acceptors (Lipinski definition) is 1. The highest BCUT2D eigenvalue weighted by molar-refractivity contribution is 5.79. The van der Waals surface area contributed by atoms with Gasteiger partial charge in [0.05, 0.1) is 0 Å². The van der Waals surface area contributed by atoms with Crippen molar-refractivity contribution in [2.75, 3.05) is 0 Å². The lowest BCUT2D eigenvalue weighted by Crippen LogP contribution is -2.26. The van der Waals surface area contributed by atoms with Gasteiger partial charge in [-0.3, -0.25) is 4.79 Å². The molecule has 0 saturated heterocycles. The van der Waals surface area contributed by atoms with E-state index in [1.807, 2.05) is 0 Å². The van der Waals surface area contributed by atoms with E-state index >= 15 is 0 Å². The summed E-state index contributed by atoms with van der Waals surface area (Å²) < 4.78 is 0. The highest BCUT2D eigenvalue weighted by Crippen LogP contribution is 2.45. The standard InChI is InChI=1S/C18H30.C11H18O/c1-14-6-8-16(9-7-14)18-12-10-17(11-13-18)15-4-2-3-5-15;12-11-7-5-10(6-8-11)9-3-1-2-4-9/h15-18H,1-13H2;9-10H,1-8H2. The van der Waals surface area contributed by atoms with Crippen molar-refractivity contribution in [1.82, 2.24) is 0 Å². The molecule has 5 aliphatic carbocycles. The summed E-state index contributed by atoms with van der Waals surface area (Å²) in [5, 5.41) is 0. The maximum Gasteiger partial charge on any atom is 0.132 e. The van der Waals surface area contributed by atoms with Gasteiger partial charge in [-0.15, -0.1) is 0 Å². The Morgan fingerprint density at radius 1 is 0.433 bits per heavy atom. The first-order valence-electron chi connectivity index (χ1n) is 13.9. The van der Waals surface area contributed by atoms with Gasteiger partial charge in [0.15, 0.2) is 0 Å². The van der Waals surface area contributed by atoms with E-state index in [1.165, 1.54) is 82.6 Å². The normalized spacial score (nSPS) is 32.9. The highest BCUT2D eigenvalue weighted by atomic mass is 16.1. The minimum absolute atomic E-state index is 0.504. The number of Topliss-reactive ketones (excluding diaryl/α,β-unsaturated/α-hetero) is 1. The van der Waals surface area contributed by atoms with E-state index in [2.05, 4.69) is 6.58 Å². The van der Waals surface area contributed by atoms with Crippen molar-refractivity contribution >= 4 is 5.78 Å². The van der Waals surface area contributed by atoms with Crippen LogP contribution in [0.1, 0.15) is 128 Å². The second-order valence-corrected chi connectivity index (χ2v) is 11.7. The van der Waals surface area contributed by atoms with Gasteiger partial charge in [-0.1, -0.05) is 63.5 Å². The molecule has 0 atom stereocenters. The van der Waals surface area contributed by atoms with E-state index in [0.29, 0.717) is 5.78 Å². The molecule has 170 valence electrons. The molecule has 0 radical (unpaired) electrons. The number of allylic oxidation sites excluding steroid dienone is 1. The molecule has 1 nitrogen and oxygen atoms in total. The van der Waals surface area contributed by atoms with Crippen LogP contribution < -0.4 is 0 Å². The quantitative estimate of drug-likeness (QED) is 0.424. The maximum absolute atomic E-state index is 11.0. The lowest BCUT2D eigenvalue weighted by atomic mass is 9.68. The molecular formula is C29H48O. The van der Waals surface area contributed by atoms with Crippen LogP contribution in [0.5, 0.6) is 0 Å². The van der Waals surface area contributed by atoms with Gasteiger partial charge in [-0.25, -0.2) is 0 Å². The van der Waals surface area contributed by atoms with Gasteiger partial charge >= 0.3 is 0 Å².